The van der Waals surface area contributed by atoms with Crippen LogP contribution in [0.3, 0.4) is 0 Å². The second-order valence-electron chi connectivity index (χ2n) is 9.40. The molecular formula is C31H34N3Ru. The second kappa shape index (κ2) is 11.6. The van der Waals surface area contributed by atoms with Crippen molar-refractivity contribution in [2.75, 3.05) is 0 Å². The molecule has 0 N–H and O–H groups in total. The normalized spacial score (nSPS) is 10.6. The standard InChI is InChI=1S/C30H31N3.CH3.Ru/c1-19(2)26-16-25(28-21(5)14-23(18-31)15-22(28)6)17-27(20(3)4)29(26)33-13-12-32-30(33)24-10-8-7-9-11-24;;/h7-17,19-20H,1-6H3;1H3;/q;-1;+1. The van der Waals surface area contributed by atoms with Crippen LogP contribution in [0.4, 0.5) is 0 Å². The van der Waals surface area contributed by atoms with Crippen molar-refractivity contribution in [3.8, 4) is 34.3 Å². The van der Waals surface area contributed by atoms with Gasteiger partial charge in [-0.25, -0.2) is 4.98 Å². The average Bonchev–Trinajstić information content (AvgIpc) is 3.28. The first kappa shape index (κ1) is 28.2. The fraction of sp³-hybridized carbons (Fsp3) is 0.258. The van der Waals surface area contributed by atoms with E-state index in [0.717, 1.165) is 22.5 Å². The van der Waals surface area contributed by atoms with Gasteiger partial charge in [-0.15, -0.1) is 0 Å². The summed E-state index contributed by atoms with van der Waals surface area (Å²) in [4.78, 5) is 4.72. The number of rotatable bonds is 5. The predicted octanol–water partition coefficient (Wildman–Crippen LogP) is 8.39. The summed E-state index contributed by atoms with van der Waals surface area (Å²) in [6.07, 6.45) is 3.96. The smallest absolute Gasteiger partial charge is 0.358 e. The van der Waals surface area contributed by atoms with Crippen LogP contribution in [0.15, 0.2) is 67.0 Å². The summed E-state index contributed by atoms with van der Waals surface area (Å²) in [5, 5.41) is 9.39. The van der Waals surface area contributed by atoms with E-state index in [-0.39, 0.29) is 26.9 Å². The van der Waals surface area contributed by atoms with Crippen molar-refractivity contribution in [3.63, 3.8) is 0 Å². The third kappa shape index (κ3) is 5.47. The molecule has 1 aromatic heterocycles. The molecule has 0 saturated heterocycles. The molecule has 0 fully saturated rings. The summed E-state index contributed by atoms with van der Waals surface area (Å²) < 4.78 is 2.25. The fourth-order valence-corrected chi connectivity index (χ4v) is 4.75. The molecule has 4 rings (SSSR count). The molecule has 181 valence electrons. The van der Waals surface area contributed by atoms with E-state index in [0.29, 0.717) is 17.4 Å². The number of aromatic nitrogens is 2. The van der Waals surface area contributed by atoms with Gasteiger partial charge in [0, 0.05) is 18.0 Å². The zero-order chi connectivity index (χ0) is 23.7. The minimum atomic E-state index is 0. The molecule has 0 amide bonds. The van der Waals surface area contributed by atoms with Gasteiger partial charge in [0.1, 0.15) is 5.82 Å². The number of hydrogen-bond acceptors (Lipinski definition) is 2. The first-order valence-corrected chi connectivity index (χ1v) is 11.6. The van der Waals surface area contributed by atoms with Crippen molar-refractivity contribution in [3.05, 3.63) is 102 Å². The van der Waals surface area contributed by atoms with Gasteiger partial charge in [-0.2, -0.15) is 5.26 Å². The van der Waals surface area contributed by atoms with E-state index in [2.05, 4.69) is 94.8 Å². The van der Waals surface area contributed by atoms with Gasteiger partial charge >= 0.3 is 19.5 Å². The molecule has 0 aliphatic heterocycles. The Balaban J connectivity index is 0.00000216. The Labute approximate surface area is 223 Å². The van der Waals surface area contributed by atoms with E-state index in [9.17, 15) is 5.26 Å². The van der Waals surface area contributed by atoms with Crippen LogP contribution in [-0.2, 0) is 19.5 Å². The van der Waals surface area contributed by atoms with E-state index < -0.39 is 0 Å². The maximum atomic E-state index is 9.39. The molecule has 0 atom stereocenters. The minimum absolute atomic E-state index is 0. The SMILES string of the molecule is Cc1cc(C#N)cc(C)c1-c1cc(C(C)C)c(-n2ccnc2-c2ccccc2)c(C(C)C)c1.[CH3-].[Ru+]. The van der Waals surface area contributed by atoms with Crippen LogP contribution in [0.5, 0.6) is 0 Å². The number of imidazole rings is 1. The molecule has 1 radical (unpaired) electrons. The van der Waals surface area contributed by atoms with Crippen LogP contribution in [0, 0.1) is 32.6 Å². The Morgan fingerprint density at radius 1 is 0.829 bits per heavy atom. The summed E-state index contributed by atoms with van der Waals surface area (Å²) in [6, 6.07) is 21.3. The molecule has 3 aromatic carbocycles. The molecule has 0 saturated carbocycles. The van der Waals surface area contributed by atoms with Gasteiger partial charge in [0.05, 0.1) is 17.3 Å². The first-order chi connectivity index (χ1) is 15.8. The Bertz CT molecular complexity index is 1290. The Kier molecular flexibility index (Phi) is 9.36. The van der Waals surface area contributed by atoms with Gasteiger partial charge in [-0.3, -0.25) is 4.57 Å². The molecule has 4 aromatic rings. The zero-order valence-electron chi connectivity index (χ0n) is 21.7. The van der Waals surface area contributed by atoms with Crippen LogP contribution in [0.2, 0.25) is 0 Å². The number of hydrogen-bond donors (Lipinski definition) is 0. The van der Waals surface area contributed by atoms with E-state index in [4.69, 9.17) is 4.98 Å². The van der Waals surface area contributed by atoms with Crippen molar-refractivity contribution < 1.29 is 19.5 Å². The molecule has 3 nitrogen and oxygen atoms in total. The Morgan fingerprint density at radius 2 is 1.37 bits per heavy atom. The van der Waals surface area contributed by atoms with E-state index >= 15 is 0 Å². The first-order valence-electron chi connectivity index (χ1n) is 11.6. The average molecular weight is 550 g/mol. The maximum absolute atomic E-state index is 9.39. The van der Waals surface area contributed by atoms with Crippen molar-refractivity contribution in [2.45, 2.75) is 53.4 Å². The maximum Gasteiger partial charge on any atom is 1.00 e. The van der Waals surface area contributed by atoms with Crippen LogP contribution in [0.25, 0.3) is 28.2 Å². The topological polar surface area (TPSA) is 41.6 Å². The van der Waals surface area contributed by atoms with Gasteiger partial charge in [0.2, 0.25) is 0 Å². The molecular weight excluding hydrogens is 515 g/mol. The largest absolute Gasteiger partial charge is 1.00 e. The minimum Gasteiger partial charge on any atom is -0.358 e. The number of nitriles is 1. The number of benzene rings is 3. The summed E-state index contributed by atoms with van der Waals surface area (Å²) >= 11 is 0. The molecule has 0 bridgehead atoms. The summed E-state index contributed by atoms with van der Waals surface area (Å²) in [7, 11) is 0. The Morgan fingerprint density at radius 3 is 1.86 bits per heavy atom. The van der Waals surface area contributed by atoms with Gasteiger partial charge in [0.15, 0.2) is 0 Å². The van der Waals surface area contributed by atoms with Crippen LogP contribution in [0.1, 0.15) is 67.3 Å². The second-order valence-corrected chi connectivity index (χ2v) is 9.40. The van der Waals surface area contributed by atoms with Gasteiger partial charge in [-0.05, 0) is 83.3 Å². The van der Waals surface area contributed by atoms with Crippen molar-refractivity contribution in [2.24, 2.45) is 0 Å². The third-order valence-electron chi connectivity index (χ3n) is 6.28. The fourth-order valence-electron chi connectivity index (χ4n) is 4.75. The van der Waals surface area contributed by atoms with Crippen molar-refractivity contribution >= 4 is 0 Å². The zero-order valence-corrected chi connectivity index (χ0v) is 23.4. The summed E-state index contributed by atoms with van der Waals surface area (Å²) in [5.74, 6) is 1.63. The molecule has 0 unspecified atom stereocenters. The van der Waals surface area contributed by atoms with E-state index in [1.807, 2.05) is 24.4 Å². The quantitative estimate of drug-likeness (QED) is 0.185. The van der Waals surface area contributed by atoms with E-state index in [1.165, 1.54) is 27.9 Å². The van der Waals surface area contributed by atoms with Gasteiger partial charge in [-0.1, -0.05) is 58.0 Å². The molecule has 1 heterocycles. The predicted molar refractivity (Wildman–Crippen MR) is 143 cm³/mol. The van der Waals surface area contributed by atoms with Crippen molar-refractivity contribution in [1.29, 1.82) is 5.26 Å². The van der Waals surface area contributed by atoms with E-state index in [1.54, 1.807) is 0 Å². The van der Waals surface area contributed by atoms with Crippen LogP contribution >= 0.6 is 0 Å². The van der Waals surface area contributed by atoms with Crippen LogP contribution < -0.4 is 0 Å². The van der Waals surface area contributed by atoms with Crippen molar-refractivity contribution in [1.82, 2.24) is 9.55 Å². The van der Waals surface area contributed by atoms with Gasteiger partial charge in [0.25, 0.3) is 0 Å². The molecule has 0 aliphatic carbocycles. The third-order valence-corrected chi connectivity index (χ3v) is 6.28. The monoisotopic (exact) mass is 550 g/mol. The molecule has 0 spiro atoms. The molecule has 0 aliphatic rings. The number of nitrogens with zero attached hydrogens (tertiary/aromatic N) is 3. The molecule has 4 heteroatoms. The Hall–Kier alpha value is -3.02. The molecule has 35 heavy (non-hydrogen) atoms. The number of aryl methyl sites for hydroxylation is 2. The summed E-state index contributed by atoms with van der Waals surface area (Å²) in [6.45, 7) is 13.2. The van der Waals surface area contributed by atoms with Crippen LogP contribution in [-0.4, -0.2) is 9.55 Å². The van der Waals surface area contributed by atoms with Gasteiger partial charge < -0.3 is 7.43 Å². The summed E-state index contributed by atoms with van der Waals surface area (Å²) in [5.41, 5.74) is 10.4.